The predicted molar refractivity (Wildman–Crippen MR) is 89.4 cm³/mol. The molecular weight excluding hydrogens is 407 g/mol. The number of hydroxylamine groups is 1. The molecule has 0 fully saturated rings. The molecule has 0 bridgehead atoms. The summed E-state index contributed by atoms with van der Waals surface area (Å²) in [5.74, 6) is -0.851. The fourth-order valence-corrected chi connectivity index (χ4v) is 3.56. The molecular formula is C15H12F3N3O6S. The van der Waals surface area contributed by atoms with Crippen LogP contribution in [0.1, 0.15) is 15.9 Å². The monoisotopic (exact) mass is 419 g/mol. The van der Waals surface area contributed by atoms with Gasteiger partial charge in [0.15, 0.2) is 4.90 Å². The SMILES string of the molecule is CN(c1ccc(C(=O)NO)cc1)S(=O)(=O)c1ccc(C(F)(F)F)cc1[N+](=O)[O-]. The van der Waals surface area contributed by atoms with E-state index >= 15 is 0 Å². The topological polar surface area (TPSA) is 130 Å². The van der Waals surface area contributed by atoms with Gasteiger partial charge >= 0.3 is 6.18 Å². The average molecular weight is 419 g/mol. The van der Waals surface area contributed by atoms with Crippen LogP contribution in [0.25, 0.3) is 0 Å². The van der Waals surface area contributed by atoms with Crippen molar-refractivity contribution in [2.45, 2.75) is 11.1 Å². The van der Waals surface area contributed by atoms with Crippen LogP contribution < -0.4 is 9.79 Å². The summed E-state index contributed by atoms with van der Waals surface area (Å²) >= 11 is 0. The molecule has 28 heavy (non-hydrogen) atoms. The van der Waals surface area contributed by atoms with Crippen LogP contribution in [0.5, 0.6) is 0 Å². The van der Waals surface area contributed by atoms with E-state index in [0.717, 1.165) is 7.05 Å². The van der Waals surface area contributed by atoms with E-state index in [1.807, 2.05) is 0 Å². The first kappa shape index (κ1) is 21.1. The van der Waals surface area contributed by atoms with Crippen LogP contribution in [-0.2, 0) is 16.2 Å². The van der Waals surface area contributed by atoms with Gasteiger partial charge in [0.05, 0.1) is 16.2 Å². The Kier molecular flexibility index (Phi) is 5.61. The van der Waals surface area contributed by atoms with Crippen molar-refractivity contribution in [1.82, 2.24) is 5.48 Å². The van der Waals surface area contributed by atoms with E-state index in [0.29, 0.717) is 16.4 Å². The summed E-state index contributed by atoms with van der Waals surface area (Å²) in [7, 11) is -3.55. The highest BCUT2D eigenvalue weighted by Crippen LogP contribution is 2.36. The maximum absolute atomic E-state index is 12.8. The number of rotatable bonds is 5. The number of anilines is 1. The minimum Gasteiger partial charge on any atom is -0.288 e. The average Bonchev–Trinajstić information content (AvgIpc) is 2.65. The number of benzene rings is 2. The Hall–Kier alpha value is -3.19. The standard InChI is InChI=1S/C15H12F3N3O6S/c1-20(11-5-2-9(3-6-11)14(22)19-23)28(26,27)13-7-4-10(15(16,17)18)8-12(13)21(24)25/h2-8,23H,1H3,(H,19,22). The Morgan fingerprint density at radius 2 is 1.75 bits per heavy atom. The van der Waals surface area contributed by atoms with Crippen LogP contribution in [0.3, 0.4) is 0 Å². The number of hydrogen-bond acceptors (Lipinski definition) is 6. The highest BCUT2D eigenvalue weighted by Gasteiger charge is 2.36. The number of nitrogens with zero attached hydrogens (tertiary/aromatic N) is 2. The Morgan fingerprint density at radius 1 is 1.18 bits per heavy atom. The van der Waals surface area contributed by atoms with Gasteiger partial charge in [0.1, 0.15) is 0 Å². The van der Waals surface area contributed by atoms with Gasteiger partial charge in [-0.05, 0) is 36.4 Å². The second-order valence-electron chi connectivity index (χ2n) is 5.40. The van der Waals surface area contributed by atoms with Gasteiger partial charge in [-0.2, -0.15) is 13.2 Å². The fourth-order valence-electron chi connectivity index (χ4n) is 2.23. The molecule has 9 nitrogen and oxygen atoms in total. The number of halogens is 3. The molecule has 2 N–H and O–H groups in total. The molecule has 150 valence electrons. The zero-order valence-electron chi connectivity index (χ0n) is 14.0. The van der Waals surface area contributed by atoms with Crippen molar-refractivity contribution in [2.75, 3.05) is 11.4 Å². The molecule has 0 aliphatic heterocycles. The van der Waals surface area contributed by atoms with Crippen LogP contribution in [0.2, 0.25) is 0 Å². The number of carbonyl (C=O) groups is 1. The van der Waals surface area contributed by atoms with E-state index in [9.17, 15) is 36.5 Å². The number of alkyl halides is 3. The minimum absolute atomic E-state index is 0.00226. The largest absolute Gasteiger partial charge is 0.416 e. The van der Waals surface area contributed by atoms with E-state index in [1.54, 1.807) is 0 Å². The lowest BCUT2D eigenvalue weighted by molar-refractivity contribution is -0.388. The van der Waals surface area contributed by atoms with E-state index in [1.165, 1.54) is 29.7 Å². The first-order valence-electron chi connectivity index (χ1n) is 7.28. The summed E-state index contributed by atoms with van der Waals surface area (Å²) in [5.41, 5.74) is -1.23. The molecule has 13 heteroatoms. The lowest BCUT2D eigenvalue weighted by Gasteiger charge is -2.20. The van der Waals surface area contributed by atoms with E-state index < -0.39 is 43.2 Å². The highest BCUT2D eigenvalue weighted by atomic mass is 32.2. The highest BCUT2D eigenvalue weighted by molar-refractivity contribution is 7.93. The van der Waals surface area contributed by atoms with E-state index in [-0.39, 0.29) is 17.3 Å². The molecule has 2 rings (SSSR count). The second kappa shape index (κ2) is 7.44. The summed E-state index contributed by atoms with van der Waals surface area (Å²) in [5, 5.41) is 19.7. The van der Waals surface area contributed by atoms with Gasteiger partial charge < -0.3 is 0 Å². The Morgan fingerprint density at radius 3 is 2.21 bits per heavy atom. The van der Waals surface area contributed by atoms with Crippen LogP contribution in [0.4, 0.5) is 24.5 Å². The fraction of sp³-hybridized carbons (Fsp3) is 0.133. The third kappa shape index (κ3) is 4.04. The summed E-state index contributed by atoms with van der Waals surface area (Å²) < 4.78 is 64.4. The van der Waals surface area contributed by atoms with Crippen molar-refractivity contribution in [2.24, 2.45) is 0 Å². The Labute approximate surface area is 156 Å². The van der Waals surface area contributed by atoms with Gasteiger partial charge in [-0.25, -0.2) is 13.9 Å². The van der Waals surface area contributed by atoms with Crippen LogP contribution >= 0.6 is 0 Å². The van der Waals surface area contributed by atoms with Crippen LogP contribution in [-0.4, -0.2) is 31.5 Å². The number of nitro groups is 1. The second-order valence-corrected chi connectivity index (χ2v) is 7.34. The third-order valence-electron chi connectivity index (χ3n) is 3.72. The maximum Gasteiger partial charge on any atom is 0.416 e. The minimum atomic E-state index is -4.89. The number of nitro benzene ring substituents is 1. The molecule has 0 spiro atoms. The molecule has 2 aromatic rings. The summed E-state index contributed by atoms with van der Waals surface area (Å²) in [6, 6.07) is 5.80. The van der Waals surface area contributed by atoms with Crippen molar-refractivity contribution in [3.05, 3.63) is 63.7 Å². The molecule has 0 atom stereocenters. The quantitative estimate of drug-likeness (QED) is 0.435. The smallest absolute Gasteiger partial charge is 0.288 e. The van der Waals surface area contributed by atoms with Crippen molar-refractivity contribution in [3.63, 3.8) is 0 Å². The molecule has 0 aromatic heterocycles. The zero-order valence-corrected chi connectivity index (χ0v) is 14.8. The Bertz CT molecular complexity index is 1020. The number of amides is 1. The lowest BCUT2D eigenvalue weighted by Crippen LogP contribution is -2.27. The van der Waals surface area contributed by atoms with E-state index in [4.69, 9.17) is 5.21 Å². The predicted octanol–water partition coefficient (Wildman–Crippen LogP) is 2.56. The Balaban J connectivity index is 2.51. The summed E-state index contributed by atoms with van der Waals surface area (Å²) in [6.07, 6.45) is -4.89. The molecule has 0 heterocycles. The first-order chi connectivity index (χ1) is 12.9. The molecule has 0 saturated carbocycles. The van der Waals surface area contributed by atoms with E-state index in [2.05, 4.69) is 0 Å². The van der Waals surface area contributed by atoms with Gasteiger partial charge in [-0.1, -0.05) is 0 Å². The van der Waals surface area contributed by atoms with Crippen molar-refractivity contribution >= 4 is 27.3 Å². The van der Waals surface area contributed by atoms with Crippen LogP contribution in [0, 0.1) is 10.1 Å². The third-order valence-corrected chi connectivity index (χ3v) is 5.55. The molecule has 0 aliphatic carbocycles. The number of carbonyl (C=O) groups excluding carboxylic acids is 1. The number of nitrogens with one attached hydrogen (secondary N) is 1. The van der Waals surface area contributed by atoms with Crippen molar-refractivity contribution in [1.29, 1.82) is 0 Å². The zero-order chi connectivity index (χ0) is 21.3. The number of sulfonamides is 1. The molecule has 0 radical (unpaired) electrons. The summed E-state index contributed by atoms with van der Waals surface area (Å²) in [6.45, 7) is 0. The van der Waals surface area contributed by atoms with Gasteiger partial charge in [-0.3, -0.25) is 24.4 Å². The molecule has 0 saturated heterocycles. The van der Waals surface area contributed by atoms with Gasteiger partial charge in [0.25, 0.3) is 21.6 Å². The van der Waals surface area contributed by atoms with Crippen molar-refractivity contribution in [3.8, 4) is 0 Å². The molecule has 0 aliphatic rings. The molecule has 1 amide bonds. The lowest BCUT2D eigenvalue weighted by atomic mass is 10.2. The van der Waals surface area contributed by atoms with Crippen molar-refractivity contribution < 1.29 is 36.5 Å². The summed E-state index contributed by atoms with van der Waals surface area (Å²) in [4.78, 5) is 20.3. The van der Waals surface area contributed by atoms with Gasteiger partial charge in [0, 0.05) is 18.7 Å². The normalized spacial score (nSPS) is 11.8. The number of hydrogen-bond donors (Lipinski definition) is 2. The first-order valence-corrected chi connectivity index (χ1v) is 8.72. The molecule has 2 aromatic carbocycles. The maximum atomic E-state index is 12.8. The molecule has 0 unspecified atom stereocenters. The van der Waals surface area contributed by atoms with Gasteiger partial charge in [-0.15, -0.1) is 0 Å². The van der Waals surface area contributed by atoms with Gasteiger partial charge in [0.2, 0.25) is 0 Å². The van der Waals surface area contributed by atoms with Crippen LogP contribution in [0.15, 0.2) is 47.4 Å².